The molecule has 0 spiro atoms. The van der Waals surface area contributed by atoms with E-state index < -0.39 is 22.8 Å². The average molecular weight is 322 g/mol. The van der Waals surface area contributed by atoms with Gasteiger partial charge in [-0.3, -0.25) is 9.59 Å². The highest BCUT2D eigenvalue weighted by Gasteiger charge is 2.46. The lowest BCUT2D eigenvalue weighted by molar-refractivity contribution is -0.181. The summed E-state index contributed by atoms with van der Waals surface area (Å²) in [5.41, 5.74) is -1.39. The van der Waals surface area contributed by atoms with E-state index in [0.29, 0.717) is 77.8 Å². The number of carbonyl (C=O) groups is 2. The summed E-state index contributed by atoms with van der Waals surface area (Å²) in [6.45, 7) is 13.3. The van der Waals surface area contributed by atoms with E-state index in [1.54, 1.807) is 0 Å². The van der Waals surface area contributed by atoms with Crippen LogP contribution in [0.15, 0.2) is 0 Å². The van der Waals surface area contributed by atoms with E-state index in [0.717, 1.165) is 0 Å². The maximum atomic E-state index is 12.7. The fourth-order valence-corrected chi connectivity index (χ4v) is 3.49. The first-order valence-corrected chi connectivity index (χ1v) is 8.41. The first kappa shape index (κ1) is 18.4. The lowest BCUT2D eigenvalue weighted by atomic mass is 9.75. The van der Waals surface area contributed by atoms with Crippen molar-refractivity contribution in [2.24, 2.45) is 10.8 Å². The Balaban J connectivity index is 2.08. The molecule has 0 amide bonds. The second-order valence-corrected chi connectivity index (χ2v) is 6.54. The maximum Gasteiger partial charge on any atom is 0.319 e. The predicted octanol–water partition coefficient (Wildman–Crippen LogP) is 2.63. The monoisotopic (exact) mass is 322 g/mol. The van der Waals surface area contributed by atoms with Crippen molar-refractivity contribution in [2.45, 2.75) is 51.4 Å². The summed E-state index contributed by atoms with van der Waals surface area (Å²) >= 11 is 0. The zero-order valence-electron chi connectivity index (χ0n) is 13.7. The molecule has 0 aliphatic carbocycles. The van der Waals surface area contributed by atoms with Gasteiger partial charge in [-0.25, -0.2) is 0 Å². The minimum absolute atomic E-state index is 0.380. The number of hydrogen-bond acceptors (Lipinski definition) is 5. The molecule has 0 aromatic heterocycles. The van der Waals surface area contributed by atoms with Crippen molar-refractivity contribution >= 4 is 11.9 Å². The molecule has 0 unspecified atom stereocenters. The summed E-state index contributed by atoms with van der Waals surface area (Å²) in [7, 11) is 0. The molecule has 5 nitrogen and oxygen atoms in total. The highest BCUT2D eigenvalue weighted by molar-refractivity contribution is 5.91. The maximum absolute atomic E-state index is 12.7. The van der Waals surface area contributed by atoms with Crippen LogP contribution in [0.4, 0.5) is 0 Å². The molecule has 0 N–H and O–H groups in total. The van der Waals surface area contributed by atoms with E-state index in [9.17, 15) is 9.59 Å². The number of carbonyl (C=O) groups excluding carboxylic acids is 2. The SMILES string of the molecule is [CH]CCC1(C(=O)OC(=O)C2(CC[CH])CCOCC2)CCOCC1. The summed E-state index contributed by atoms with van der Waals surface area (Å²) in [5.74, 6) is -0.918. The van der Waals surface area contributed by atoms with Crippen LogP contribution in [0, 0.1) is 24.7 Å². The standard InChI is InChI=1S/C18H26O5/c1-3-5-17(7-11-21-12-8-17)15(19)23-16(20)18(6-4-2)9-13-22-14-10-18/h1-2H,3-14H2. The van der Waals surface area contributed by atoms with Gasteiger partial charge in [-0.15, -0.1) is 0 Å². The third kappa shape index (κ3) is 4.13. The molecule has 2 saturated heterocycles. The lowest BCUT2D eigenvalue weighted by Crippen LogP contribution is -2.44. The van der Waals surface area contributed by atoms with E-state index in [1.807, 2.05) is 0 Å². The van der Waals surface area contributed by atoms with E-state index in [4.69, 9.17) is 28.1 Å². The van der Waals surface area contributed by atoms with Crippen LogP contribution >= 0.6 is 0 Å². The number of ether oxygens (including phenoxy) is 3. The van der Waals surface area contributed by atoms with Gasteiger partial charge in [-0.1, -0.05) is 0 Å². The van der Waals surface area contributed by atoms with Gasteiger partial charge in [0.15, 0.2) is 0 Å². The Hall–Kier alpha value is -0.940. The molecule has 4 radical (unpaired) electrons. The Labute approximate surface area is 139 Å². The smallest absolute Gasteiger partial charge is 0.319 e. The van der Waals surface area contributed by atoms with Gasteiger partial charge in [-0.2, -0.15) is 0 Å². The zero-order valence-corrected chi connectivity index (χ0v) is 13.7. The lowest BCUT2D eigenvalue weighted by Gasteiger charge is -2.37. The van der Waals surface area contributed by atoms with E-state index in [2.05, 4.69) is 0 Å². The Kier molecular flexibility index (Phi) is 6.60. The average Bonchev–Trinajstić information content (AvgIpc) is 2.57. The normalized spacial score (nSPS) is 23.2. The third-order valence-electron chi connectivity index (χ3n) is 5.20. The van der Waals surface area contributed by atoms with Gasteiger partial charge in [0.1, 0.15) is 0 Å². The van der Waals surface area contributed by atoms with Crippen LogP contribution in [0.3, 0.4) is 0 Å². The van der Waals surface area contributed by atoms with Gasteiger partial charge < -0.3 is 14.2 Å². The minimum atomic E-state index is -0.697. The van der Waals surface area contributed by atoms with Gasteiger partial charge in [-0.05, 0) is 65.2 Å². The Bertz CT molecular complexity index is 357. The summed E-state index contributed by atoms with van der Waals surface area (Å²) in [4.78, 5) is 25.4. The fourth-order valence-electron chi connectivity index (χ4n) is 3.49. The van der Waals surface area contributed by atoms with Crippen molar-refractivity contribution in [1.82, 2.24) is 0 Å². The van der Waals surface area contributed by atoms with E-state index in [1.165, 1.54) is 0 Å². The molecule has 0 saturated carbocycles. The van der Waals surface area contributed by atoms with Gasteiger partial charge in [0.25, 0.3) is 0 Å². The van der Waals surface area contributed by atoms with Crippen molar-refractivity contribution in [3.63, 3.8) is 0 Å². The van der Waals surface area contributed by atoms with Crippen LogP contribution in [0.25, 0.3) is 0 Å². The second kappa shape index (κ2) is 8.25. The first-order valence-electron chi connectivity index (χ1n) is 8.41. The Morgan fingerprint density at radius 2 is 1.13 bits per heavy atom. The summed E-state index contributed by atoms with van der Waals surface area (Å²) < 4.78 is 16.0. The molecule has 2 rings (SSSR count). The highest BCUT2D eigenvalue weighted by Crippen LogP contribution is 2.40. The molecule has 2 fully saturated rings. The van der Waals surface area contributed by atoms with Crippen LogP contribution in [-0.4, -0.2) is 38.4 Å². The summed E-state index contributed by atoms with van der Waals surface area (Å²) in [6.07, 6.45) is 3.96. The molecule has 0 atom stereocenters. The van der Waals surface area contributed by atoms with Crippen molar-refractivity contribution in [3.8, 4) is 0 Å². The molecule has 5 heteroatoms. The molecule has 0 bridgehead atoms. The molecule has 0 aromatic carbocycles. The Morgan fingerprint density at radius 3 is 1.43 bits per heavy atom. The van der Waals surface area contributed by atoms with Gasteiger partial charge in [0.05, 0.1) is 10.8 Å². The number of esters is 2. The van der Waals surface area contributed by atoms with Crippen LogP contribution in [0.2, 0.25) is 0 Å². The van der Waals surface area contributed by atoms with Gasteiger partial charge in [0.2, 0.25) is 0 Å². The Morgan fingerprint density at radius 1 is 0.783 bits per heavy atom. The van der Waals surface area contributed by atoms with Gasteiger partial charge in [0, 0.05) is 26.4 Å². The second-order valence-electron chi connectivity index (χ2n) is 6.54. The van der Waals surface area contributed by atoms with Gasteiger partial charge >= 0.3 is 11.9 Å². The van der Waals surface area contributed by atoms with E-state index >= 15 is 0 Å². The zero-order chi connectivity index (χ0) is 16.8. The van der Waals surface area contributed by atoms with Crippen LogP contribution < -0.4 is 0 Å². The largest absolute Gasteiger partial charge is 0.392 e. The summed E-state index contributed by atoms with van der Waals surface area (Å²) in [6, 6.07) is 0. The summed E-state index contributed by atoms with van der Waals surface area (Å²) in [5, 5.41) is 0. The van der Waals surface area contributed by atoms with Crippen molar-refractivity contribution < 1.29 is 23.8 Å². The fraction of sp³-hybridized carbons (Fsp3) is 0.778. The molecule has 23 heavy (non-hydrogen) atoms. The molecule has 2 aliphatic heterocycles. The molecule has 0 aromatic rings. The first-order chi connectivity index (χ1) is 11.1. The van der Waals surface area contributed by atoms with Crippen LogP contribution in [-0.2, 0) is 23.8 Å². The minimum Gasteiger partial charge on any atom is -0.392 e. The molecule has 2 aliphatic rings. The molecular formula is C18H26O5. The topological polar surface area (TPSA) is 61.8 Å². The third-order valence-corrected chi connectivity index (χ3v) is 5.20. The van der Waals surface area contributed by atoms with Crippen LogP contribution in [0.1, 0.15) is 51.4 Å². The van der Waals surface area contributed by atoms with E-state index in [-0.39, 0.29) is 0 Å². The highest BCUT2D eigenvalue weighted by atomic mass is 16.6. The predicted molar refractivity (Wildman–Crippen MR) is 83.1 cm³/mol. The van der Waals surface area contributed by atoms with Crippen molar-refractivity contribution in [2.75, 3.05) is 26.4 Å². The quantitative estimate of drug-likeness (QED) is 0.556. The molecule has 128 valence electrons. The molecule has 2 heterocycles. The van der Waals surface area contributed by atoms with Crippen molar-refractivity contribution in [1.29, 1.82) is 0 Å². The molecular weight excluding hydrogens is 296 g/mol. The van der Waals surface area contributed by atoms with Crippen molar-refractivity contribution in [3.05, 3.63) is 13.8 Å². The van der Waals surface area contributed by atoms with Crippen LogP contribution in [0.5, 0.6) is 0 Å². The number of hydrogen-bond donors (Lipinski definition) is 0. The number of rotatable bonds is 6.